The lowest BCUT2D eigenvalue weighted by molar-refractivity contribution is -0.135. The lowest BCUT2D eigenvalue weighted by Crippen LogP contribution is -2.21. The van der Waals surface area contributed by atoms with Gasteiger partial charge in [0.15, 0.2) is 6.61 Å². The van der Waals surface area contributed by atoms with Crippen LogP contribution in [-0.2, 0) is 16.0 Å². The summed E-state index contributed by atoms with van der Waals surface area (Å²) < 4.78 is 5.58. The molecule has 0 bridgehead atoms. The average Bonchev–Trinajstić information content (AvgIpc) is 2.85. The van der Waals surface area contributed by atoms with Crippen LogP contribution in [-0.4, -0.2) is 35.2 Å². The second-order valence-electron chi connectivity index (χ2n) is 8.97. The third kappa shape index (κ3) is 11.2. The van der Waals surface area contributed by atoms with E-state index in [2.05, 4.69) is 17.6 Å². The van der Waals surface area contributed by atoms with E-state index in [0.717, 1.165) is 24.1 Å². The van der Waals surface area contributed by atoms with Gasteiger partial charge in [0.2, 0.25) is 0 Å². The van der Waals surface area contributed by atoms with Crippen LogP contribution in [0.4, 0.5) is 11.4 Å². The number of unbranched alkanes of at least 4 members (excludes halogenated alkanes) is 9. The summed E-state index contributed by atoms with van der Waals surface area (Å²) in [5, 5.41) is 24.3. The number of aliphatic carboxylic acids is 1. The Kier molecular flexibility index (Phi) is 13.6. The highest BCUT2D eigenvalue weighted by atomic mass is 35.5. The van der Waals surface area contributed by atoms with E-state index in [1.807, 2.05) is 24.3 Å². The Morgan fingerprint density at radius 1 is 0.917 bits per heavy atom. The number of hydrogen-bond donors (Lipinski definition) is 4. The van der Waals surface area contributed by atoms with E-state index in [9.17, 15) is 14.7 Å². The first kappa shape index (κ1) is 29.3. The maximum absolute atomic E-state index is 12.6. The summed E-state index contributed by atoms with van der Waals surface area (Å²) >= 11 is 5.95. The SMILES string of the molecule is CCCCCCCCCCCCc1ccccc1NC(=O)COc1cc(Cl)c(O)cc1NCC(=O)O. The number of carbonyl (C=O) groups is 2. The lowest BCUT2D eigenvalue weighted by Gasteiger charge is -2.15. The molecule has 0 saturated heterocycles. The molecule has 1 amide bonds. The maximum atomic E-state index is 12.6. The van der Waals surface area contributed by atoms with Crippen LogP contribution in [0.25, 0.3) is 0 Å². The summed E-state index contributed by atoms with van der Waals surface area (Å²) in [7, 11) is 0. The first-order chi connectivity index (χ1) is 17.4. The molecule has 4 N–H and O–H groups in total. The molecule has 0 aliphatic carbocycles. The van der Waals surface area contributed by atoms with Crippen molar-refractivity contribution >= 4 is 34.9 Å². The number of aromatic hydroxyl groups is 1. The van der Waals surface area contributed by atoms with Crippen molar-refractivity contribution < 1.29 is 24.5 Å². The van der Waals surface area contributed by atoms with Crippen LogP contribution in [0.1, 0.15) is 76.7 Å². The molecule has 0 fully saturated rings. The monoisotopic (exact) mass is 518 g/mol. The Hall–Kier alpha value is -2.93. The zero-order chi connectivity index (χ0) is 26.2. The highest BCUT2D eigenvalue weighted by molar-refractivity contribution is 6.32. The molecule has 0 spiro atoms. The smallest absolute Gasteiger partial charge is 0.322 e. The maximum Gasteiger partial charge on any atom is 0.322 e. The molecular weight excluding hydrogens is 480 g/mol. The minimum Gasteiger partial charge on any atom is -0.506 e. The molecule has 0 aliphatic heterocycles. The van der Waals surface area contributed by atoms with E-state index in [4.69, 9.17) is 21.4 Å². The zero-order valence-corrected chi connectivity index (χ0v) is 21.9. The second kappa shape index (κ2) is 16.7. The average molecular weight is 519 g/mol. The van der Waals surface area contributed by atoms with Crippen molar-refractivity contribution in [3.8, 4) is 11.5 Å². The van der Waals surface area contributed by atoms with Gasteiger partial charge in [-0.15, -0.1) is 0 Å². The standard InChI is InChI=1S/C28H39ClN2O5/c1-2-3-4-5-6-7-8-9-10-11-14-21-15-12-13-16-23(21)31-27(33)20-36-26-17-22(29)25(32)18-24(26)30-19-28(34)35/h12-13,15-18,30,32H,2-11,14,19-20H2,1H3,(H,31,33)(H,34,35). The number of carboxylic acid groups (broad SMARTS) is 1. The number of para-hydroxylation sites is 1. The molecule has 0 radical (unpaired) electrons. The largest absolute Gasteiger partial charge is 0.506 e. The van der Waals surface area contributed by atoms with Crippen molar-refractivity contribution in [2.45, 2.75) is 77.6 Å². The molecule has 198 valence electrons. The minimum absolute atomic E-state index is 0.0353. The van der Waals surface area contributed by atoms with Gasteiger partial charge in [-0.25, -0.2) is 0 Å². The number of amides is 1. The van der Waals surface area contributed by atoms with Crippen LogP contribution in [0, 0.1) is 0 Å². The molecule has 0 aromatic heterocycles. The number of nitrogens with one attached hydrogen (secondary N) is 2. The summed E-state index contributed by atoms with van der Waals surface area (Å²) in [4.78, 5) is 23.4. The Labute approximate surface area is 219 Å². The molecule has 7 nitrogen and oxygen atoms in total. The van der Waals surface area contributed by atoms with Crippen molar-refractivity contribution in [1.82, 2.24) is 0 Å². The number of ether oxygens (including phenoxy) is 1. The Bertz CT molecular complexity index is 967. The van der Waals surface area contributed by atoms with Gasteiger partial charge >= 0.3 is 5.97 Å². The molecule has 8 heteroatoms. The number of benzene rings is 2. The fourth-order valence-corrected chi connectivity index (χ4v) is 4.12. The number of phenols is 1. The van der Waals surface area contributed by atoms with Crippen molar-refractivity contribution in [2.75, 3.05) is 23.8 Å². The van der Waals surface area contributed by atoms with Crippen molar-refractivity contribution in [3.63, 3.8) is 0 Å². The predicted octanol–water partition coefficient (Wildman–Crippen LogP) is 7.02. The Morgan fingerprint density at radius 3 is 2.22 bits per heavy atom. The number of phenolic OH excluding ortho intramolecular Hbond substituents is 1. The summed E-state index contributed by atoms with van der Waals surface area (Å²) in [6, 6.07) is 10.4. The summed E-state index contributed by atoms with van der Waals surface area (Å²) in [5.41, 5.74) is 2.07. The van der Waals surface area contributed by atoms with Gasteiger partial charge in [0, 0.05) is 17.8 Å². The highest BCUT2D eigenvalue weighted by Crippen LogP contribution is 2.35. The van der Waals surface area contributed by atoms with E-state index in [0.29, 0.717) is 0 Å². The normalized spacial score (nSPS) is 10.7. The number of anilines is 2. The fourth-order valence-electron chi connectivity index (χ4n) is 3.96. The molecule has 0 atom stereocenters. The Morgan fingerprint density at radius 2 is 1.56 bits per heavy atom. The van der Waals surface area contributed by atoms with Gasteiger partial charge in [0.05, 0.1) is 10.7 Å². The number of aryl methyl sites for hydroxylation is 1. The number of rotatable bonds is 18. The molecule has 0 unspecified atom stereocenters. The molecule has 2 aromatic rings. The summed E-state index contributed by atoms with van der Waals surface area (Å²) in [6.45, 7) is 1.57. The van der Waals surface area contributed by atoms with Crippen LogP contribution in [0.5, 0.6) is 11.5 Å². The number of carboxylic acids is 1. The van der Waals surface area contributed by atoms with E-state index in [-0.39, 0.29) is 41.3 Å². The number of carbonyl (C=O) groups excluding carboxylic acids is 1. The van der Waals surface area contributed by atoms with Crippen molar-refractivity contribution in [1.29, 1.82) is 0 Å². The number of halogens is 1. The van der Waals surface area contributed by atoms with Crippen molar-refractivity contribution in [2.24, 2.45) is 0 Å². The van der Waals surface area contributed by atoms with Gasteiger partial charge in [-0.1, -0.05) is 94.5 Å². The van der Waals surface area contributed by atoms with Crippen molar-refractivity contribution in [3.05, 3.63) is 47.0 Å². The third-order valence-corrected chi connectivity index (χ3v) is 6.23. The van der Waals surface area contributed by atoms with E-state index >= 15 is 0 Å². The third-order valence-electron chi connectivity index (χ3n) is 5.93. The molecule has 0 aliphatic rings. The van der Waals surface area contributed by atoms with Crippen LogP contribution in [0.15, 0.2) is 36.4 Å². The summed E-state index contributed by atoms with van der Waals surface area (Å²) in [5.74, 6) is -1.47. The fraction of sp³-hybridized carbons (Fsp3) is 0.500. The zero-order valence-electron chi connectivity index (χ0n) is 21.2. The van der Waals surface area contributed by atoms with Crippen LogP contribution >= 0.6 is 11.6 Å². The first-order valence-electron chi connectivity index (χ1n) is 12.9. The highest BCUT2D eigenvalue weighted by Gasteiger charge is 2.13. The van der Waals surface area contributed by atoms with Gasteiger partial charge in [0.1, 0.15) is 18.0 Å². The van der Waals surface area contributed by atoms with Gasteiger partial charge in [0.25, 0.3) is 5.91 Å². The quantitative estimate of drug-likeness (QED) is 0.158. The van der Waals surface area contributed by atoms with E-state index in [1.54, 1.807) is 0 Å². The Balaban J connectivity index is 1.80. The van der Waals surface area contributed by atoms with Gasteiger partial charge in [-0.3, -0.25) is 9.59 Å². The molecule has 36 heavy (non-hydrogen) atoms. The topological polar surface area (TPSA) is 108 Å². The van der Waals surface area contributed by atoms with Crippen LogP contribution in [0.2, 0.25) is 5.02 Å². The van der Waals surface area contributed by atoms with Crippen LogP contribution in [0.3, 0.4) is 0 Å². The molecular formula is C28H39ClN2O5. The van der Waals surface area contributed by atoms with Gasteiger partial charge in [-0.2, -0.15) is 0 Å². The van der Waals surface area contributed by atoms with Gasteiger partial charge in [-0.05, 0) is 24.5 Å². The summed E-state index contributed by atoms with van der Waals surface area (Å²) in [6.07, 6.45) is 13.7. The first-order valence-corrected chi connectivity index (χ1v) is 13.3. The predicted molar refractivity (Wildman–Crippen MR) is 145 cm³/mol. The van der Waals surface area contributed by atoms with E-state index < -0.39 is 5.97 Å². The lowest BCUT2D eigenvalue weighted by atomic mass is 10.0. The molecule has 0 heterocycles. The molecule has 2 rings (SSSR count). The minimum atomic E-state index is -1.08. The van der Waals surface area contributed by atoms with E-state index in [1.165, 1.54) is 69.9 Å². The number of hydrogen-bond acceptors (Lipinski definition) is 5. The molecule has 0 saturated carbocycles. The second-order valence-corrected chi connectivity index (χ2v) is 9.38. The van der Waals surface area contributed by atoms with Crippen LogP contribution < -0.4 is 15.4 Å². The molecule has 2 aromatic carbocycles. The van der Waals surface area contributed by atoms with Gasteiger partial charge < -0.3 is 25.6 Å².